The number of nitrogens with zero attached hydrogens (tertiary/aromatic N) is 3. The van der Waals surface area contributed by atoms with E-state index in [1.807, 2.05) is 26.0 Å². The summed E-state index contributed by atoms with van der Waals surface area (Å²) in [5.74, 6) is 0.592. The zero-order chi connectivity index (χ0) is 11.5. The fraction of sp³-hybridized carbons (Fsp3) is 0.182. The van der Waals surface area contributed by atoms with Gasteiger partial charge in [0.1, 0.15) is 0 Å². The number of hydrogen-bond donors (Lipinski definition) is 1. The molecule has 0 aromatic carbocycles. The Morgan fingerprint density at radius 2 is 1.81 bits per heavy atom. The number of halogens is 1. The third-order valence-corrected chi connectivity index (χ3v) is 2.65. The van der Waals surface area contributed by atoms with Crippen molar-refractivity contribution in [3.63, 3.8) is 0 Å². The van der Waals surface area contributed by atoms with Crippen molar-refractivity contribution in [1.29, 1.82) is 0 Å². The van der Waals surface area contributed by atoms with Crippen molar-refractivity contribution in [2.24, 2.45) is 0 Å². The summed E-state index contributed by atoms with van der Waals surface area (Å²) in [6.07, 6.45) is 3.54. The highest BCUT2D eigenvalue weighted by Crippen LogP contribution is 2.16. The first-order valence-corrected chi connectivity index (χ1v) is 5.92. The summed E-state index contributed by atoms with van der Waals surface area (Å²) in [5, 5.41) is 3.14. The van der Waals surface area contributed by atoms with Gasteiger partial charge in [-0.2, -0.15) is 0 Å². The zero-order valence-electron chi connectivity index (χ0n) is 9.03. The van der Waals surface area contributed by atoms with Crippen LogP contribution in [0, 0.1) is 17.4 Å². The summed E-state index contributed by atoms with van der Waals surface area (Å²) in [4.78, 5) is 12.7. The van der Waals surface area contributed by atoms with E-state index in [1.54, 1.807) is 12.4 Å². The fourth-order valence-electron chi connectivity index (χ4n) is 1.32. The van der Waals surface area contributed by atoms with Gasteiger partial charge >= 0.3 is 0 Å². The van der Waals surface area contributed by atoms with E-state index in [0.29, 0.717) is 5.95 Å². The van der Waals surface area contributed by atoms with E-state index < -0.39 is 0 Å². The lowest BCUT2D eigenvalue weighted by Crippen LogP contribution is -2.00. The van der Waals surface area contributed by atoms with Gasteiger partial charge in [0.05, 0.1) is 11.4 Å². The Labute approximate surface area is 108 Å². The largest absolute Gasteiger partial charge is 0.323 e. The van der Waals surface area contributed by atoms with Crippen LogP contribution in [0.2, 0.25) is 0 Å². The van der Waals surface area contributed by atoms with Gasteiger partial charge in [0, 0.05) is 21.7 Å². The lowest BCUT2D eigenvalue weighted by atomic mass is 10.3. The first-order chi connectivity index (χ1) is 7.65. The average molecular weight is 326 g/mol. The van der Waals surface area contributed by atoms with Crippen LogP contribution in [-0.2, 0) is 0 Å². The second-order valence-electron chi connectivity index (χ2n) is 3.44. The van der Waals surface area contributed by atoms with Crippen LogP contribution in [0.25, 0.3) is 0 Å². The van der Waals surface area contributed by atoms with Gasteiger partial charge < -0.3 is 5.32 Å². The number of nitrogens with one attached hydrogen (secondary N) is 1. The summed E-state index contributed by atoms with van der Waals surface area (Å²) >= 11 is 2.17. The number of aryl methyl sites for hydroxylation is 2. The predicted molar refractivity (Wildman–Crippen MR) is 71.7 cm³/mol. The Bertz CT molecular complexity index is 496. The van der Waals surface area contributed by atoms with Crippen LogP contribution < -0.4 is 5.32 Å². The Morgan fingerprint density at radius 1 is 1.12 bits per heavy atom. The first kappa shape index (κ1) is 11.3. The van der Waals surface area contributed by atoms with Crippen LogP contribution in [0.1, 0.15) is 11.4 Å². The van der Waals surface area contributed by atoms with Gasteiger partial charge in [-0.25, -0.2) is 9.97 Å². The number of rotatable bonds is 2. The smallest absolute Gasteiger partial charge is 0.227 e. The van der Waals surface area contributed by atoms with Crippen molar-refractivity contribution in [1.82, 2.24) is 15.0 Å². The molecule has 5 heteroatoms. The standard InChI is InChI=1S/C11H11IN4/c1-7-3-4-10(8(2)15-7)16-11-13-5-9(12)6-14-11/h3-6H,1-2H3,(H,13,14,16). The summed E-state index contributed by atoms with van der Waals surface area (Å²) in [6.45, 7) is 3.93. The molecule has 2 rings (SSSR count). The summed E-state index contributed by atoms with van der Waals surface area (Å²) in [5.41, 5.74) is 2.89. The number of aromatic nitrogens is 3. The van der Waals surface area contributed by atoms with Crippen molar-refractivity contribution in [2.45, 2.75) is 13.8 Å². The maximum Gasteiger partial charge on any atom is 0.227 e. The molecule has 0 atom stereocenters. The molecule has 0 aliphatic heterocycles. The molecule has 82 valence electrons. The van der Waals surface area contributed by atoms with Crippen LogP contribution in [0.3, 0.4) is 0 Å². The van der Waals surface area contributed by atoms with Crippen molar-refractivity contribution in [3.05, 3.63) is 39.5 Å². The second-order valence-corrected chi connectivity index (χ2v) is 4.68. The Kier molecular flexibility index (Phi) is 3.33. The predicted octanol–water partition coefficient (Wildman–Crippen LogP) is 2.84. The molecular formula is C11H11IN4. The van der Waals surface area contributed by atoms with Crippen molar-refractivity contribution in [3.8, 4) is 0 Å². The quantitative estimate of drug-likeness (QED) is 0.863. The van der Waals surface area contributed by atoms with Crippen molar-refractivity contribution >= 4 is 34.2 Å². The van der Waals surface area contributed by atoms with E-state index in [0.717, 1.165) is 20.6 Å². The molecule has 0 spiro atoms. The molecule has 0 saturated heterocycles. The van der Waals surface area contributed by atoms with Gasteiger partial charge in [0.15, 0.2) is 0 Å². The fourth-order valence-corrected chi connectivity index (χ4v) is 1.59. The van der Waals surface area contributed by atoms with Gasteiger partial charge in [-0.1, -0.05) is 0 Å². The second kappa shape index (κ2) is 4.73. The molecule has 0 unspecified atom stereocenters. The molecule has 0 saturated carbocycles. The van der Waals surface area contributed by atoms with E-state index in [4.69, 9.17) is 0 Å². The minimum absolute atomic E-state index is 0.592. The monoisotopic (exact) mass is 326 g/mol. The summed E-state index contributed by atoms with van der Waals surface area (Å²) in [7, 11) is 0. The lowest BCUT2D eigenvalue weighted by Gasteiger charge is -2.07. The van der Waals surface area contributed by atoms with Gasteiger partial charge in [-0.3, -0.25) is 4.98 Å². The highest BCUT2D eigenvalue weighted by Gasteiger charge is 2.02. The van der Waals surface area contributed by atoms with E-state index >= 15 is 0 Å². The zero-order valence-corrected chi connectivity index (χ0v) is 11.2. The SMILES string of the molecule is Cc1ccc(Nc2ncc(I)cn2)c(C)n1. The maximum absolute atomic E-state index is 4.37. The van der Waals surface area contributed by atoms with Crippen LogP contribution in [-0.4, -0.2) is 15.0 Å². The Balaban J connectivity index is 2.23. The number of anilines is 2. The highest BCUT2D eigenvalue weighted by atomic mass is 127. The third kappa shape index (κ3) is 2.66. The number of hydrogen-bond acceptors (Lipinski definition) is 4. The molecule has 0 radical (unpaired) electrons. The van der Waals surface area contributed by atoms with Gasteiger partial charge in [0.25, 0.3) is 0 Å². The van der Waals surface area contributed by atoms with Crippen molar-refractivity contribution < 1.29 is 0 Å². The molecule has 0 fully saturated rings. The third-order valence-electron chi connectivity index (χ3n) is 2.09. The van der Waals surface area contributed by atoms with Crippen LogP contribution in [0.15, 0.2) is 24.5 Å². The number of pyridine rings is 1. The van der Waals surface area contributed by atoms with Gasteiger partial charge in [0.2, 0.25) is 5.95 Å². The summed E-state index contributed by atoms with van der Waals surface area (Å²) in [6, 6.07) is 3.95. The van der Waals surface area contributed by atoms with E-state index in [-0.39, 0.29) is 0 Å². The Hall–Kier alpha value is -1.24. The minimum Gasteiger partial charge on any atom is -0.323 e. The molecule has 2 aromatic rings. The van der Waals surface area contributed by atoms with Crippen molar-refractivity contribution in [2.75, 3.05) is 5.32 Å². The highest BCUT2D eigenvalue weighted by molar-refractivity contribution is 14.1. The van der Waals surface area contributed by atoms with Crippen LogP contribution in [0.4, 0.5) is 11.6 Å². The lowest BCUT2D eigenvalue weighted by molar-refractivity contribution is 1.10. The molecule has 16 heavy (non-hydrogen) atoms. The molecule has 1 N–H and O–H groups in total. The minimum atomic E-state index is 0.592. The van der Waals surface area contributed by atoms with E-state index in [9.17, 15) is 0 Å². The topological polar surface area (TPSA) is 50.7 Å². The molecule has 2 aromatic heterocycles. The van der Waals surface area contributed by atoms with Gasteiger partial charge in [-0.05, 0) is 48.6 Å². The normalized spacial score (nSPS) is 10.2. The summed E-state index contributed by atoms with van der Waals surface area (Å²) < 4.78 is 1.02. The Morgan fingerprint density at radius 3 is 2.44 bits per heavy atom. The van der Waals surface area contributed by atoms with E-state index in [1.165, 1.54) is 0 Å². The van der Waals surface area contributed by atoms with Crippen LogP contribution in [0.5, 0.6) is 0 Å². The molecule has 4 nitrogen and oxygen atoms in total. The first-order valence-electron chi connectivity index (χ1n) is 4.84. The molecule has 0 aliphatic rings. The van der Waals surface area contributed by atoms with Gasteiger partial charge in [-0.15, -0.1) is 0 Å². The molecule has 0 aliphatic carbocycles. The van der Waals surface area contributed by atoms with E-state index in [2.05, 4.69) is 42.9 Å². The molecular weight excluding hydrogens is 315 g/mol. The molecule has 2 heterocycles. The van der Waals surface area contributed by atoms with Crippen LogP contribution >= 0.6 is 22.6 Å². The molecule has 0 amide bonds. The maximum atomic E-state index is 4.37. The average Bonchev–Trinajstić information content (AvgIpc) is 2.25. The molecule has 0 bridgehead atoms.